The number of allylic oxidation sites excluding steroid dienone is 16. The Kier molecular flexibility index (Phi) is 10.9. The lowest BCUT2D eigenvalue weighted by molar-refractivity contribution is 0.737. The Morgan fingerprint density at radius 2 is 1.14 bits per heavy atom. The lowest BCUT2D eigenvalue weighted by atomic mass is 9.64. The van der Waals surface area contributed by atoms with Gasteiger partial charge in [0.15, 0.2) is 0 Å². The van der Waals surface area contributed by atoms with Crippen molar-refractivity contribution in [2.75, 3.05) is 4.90 Å². The van der Waals surface area contributed by atoms with Crippen LogP contribution in [0.1, 0.15) is 104 Å². The van der Waals surface area contributed by atoms with Crippen molar-refractivity contribution < 1.29 is 0 Å². The maximum absolute atomic E-state index is 2.55. The molecule has 0 fully saturated rings. The third-order valence-electron chi connectivity index (χ3n) is 14.8. The highest BCUT2D eigenvalue weighted by Gasteiger charge is 2.49. The molecule has 0 spiro atoms. The molecule has 0 amide bonds. The molecule has 1 atom stereocenters. The Hall–Kier alpha value is -7.22. The molecule has 1 heteroatoms. The summed E-state index contributed by atoms with van der Waals surface area (Å²) in [6, 6.07) is 59.1. The van der Waals surface area contributed by atoms with Crippen molar-refractivity contribution in [2.24, 2.45) is 0 Å². The van der Waals surface area contributed by atoms with Gasteiger partial charge in [0.1, 0.15) is 0 Å². The van der Waals surface area contributed by atoms with Gasteiger partial charge in [-0.3, -0.25) is 0 Å². The van der Waals surface area contributed by atoms with E-state index >= 15 is 0 Å². The van der Waals surface area contributed by atoms with Gasteiger partial charge < -0.3 is 4.90 Å². The largest absolute Gasteiger partial charge is 0.311 e. The first kappa shape index (κ1) is 41.5. The molecule has 0 radical (unpaired) electrons. The zero-order valence-electron chi connectivity index (χ0n) is 38.5. The minimum Gasteiger partial charge on any atom is -0.311 e. The maximum atomic E-state index is 2.55. The van der Waals surface area contributed by atoms with E-state index in [4.69, 9.17) is 0 Å². The van der Waals surface area contributed by atoms with Crippen molar-refractivity contribution in [3.63, 3.8) is 0 Å². The minimum atomic E-state index is -0.512. The first-order valence-corrected chi connectivity index (χ1v) is 24.1. The van der Waals surface area contributed by atoms with Crippen LogP contribution in [0.4, 0.5) is 11.4 Å². The Labute approximate surface area is 392 Å². The van der Waals surface area contributed by atoms with Crippen molar-refractivity contribution >= 4 is 28.6 Å². The Bertz CT molecular complexity index is 3090. The van der Waals surface area contributed by atoms with Crippen LogP contribution in [-0.2, 0) is 10.8 Å². The molecule has 0 bridgehead atoms. The smallest absolute Gasteiger partial charge is 0.0711 e. The molecular weight excluding hydrogens is 795 g/mol. The molecule has 66 heavy (non-hydrogen) atoms. The summed E-state index contributed by atoms with van der Waals surface area (Å²) in [5, 5.41) is 0. The number of fused-ring (bicyclic) bond motifs is 4. The summed E-state index contributed by atoms with van der Waals surface area (Å²) < 4.78 is 0. The van der Waals surface area contributed by atoms with Crippen LogP contribution in [0.25, 0.3) is 17.2 Å². The van der Waals surface area contributed by atoms with Gasteiger partial charge in [-0.1, -0.05) is 188 Å². The quantitative estimate of drug-likeness (QED) is 0.124. The summed E-state index contributed by atoms with van der Waals surface area (Å²) >= 11 is 0. The van der Waals surface area contributed by atoms with Crippen LogP contribution in [0.15, 0.2) is 246 Å². The summed E-state index contributed by atoms with van der Waals surface area (Å²) in [5.41, 5.74) is 23.3. The van der Waals surface area contributed by atoms with Gasteiger partial charge in [0.05, 0.1) is 10.8 Å². The van der Waals surface area contributed by atoms with E-state index in [9.17, 15) is 0 Å². The average molecular weight is 852 g/mol. The van der Waals surface area contributed by atoms with Crippen molar-refractivity contribution in [3.8, 4) is 0 Å². The van der Waals surface area contributed by atoms with Crippen LogP contribution in [-0.4, -0.2) is 0 Å². The minimum absolute atomic E-state index is 0.339. The topological polar surface area (TPSA) is 3.24 Å². The highest BCUT2D eigenvalue weighted by molar-refractivity contribution is 5.92. The van der Waals surface area contributed by atoms with Gasteiger partial charge in [-0.05, 0) is 174 Å². The number of hydrogen-bond donors (Lipinski definition) is 0. The fraction of sp³-hybridized carbons (Fsp3) is 0.169. The maximum Gasteiger partial charge on any atom is 0.0711 e. The highest BCUT2D eigenvalue weighted by Crippen LogP contribution is 2.60. The van der Waals surface area contributed by atoms with Crippen molar-refractivity contribution in [1.82, 2.24) is 0 Å². The molecule has 0 aromatic heterocycles. The van der Waals surface area contributed by atoms with Crippen molar-refractivity contribution in [1.29, 1.82) is 0 Å². The Morgan fingerprint density at radius 1 is 0.545 bits per heavy atom. The summed E-state index contributed by atoms with van der Waals surface area (Å²) in [6.07, 6.45) is 30.1. The van der Waals surface area contributed by atoms with Gasteiger partial charge >= 0.3 is 0 Å². The van der Waals surface area contributed by atoms with Crippen LogP contribution >= 0.6 is 0 Å². The predicted octanol–water partition coefficient (Wildman–Crippen LogP) is 16.9. The molecule has 5 aliphatic carbocycles. The van der Waals surface area contributed by atoms with E-state index in [1.807, 2.05) is 0 Å². The van der Waals surface area contributed by atoms with E-state index < -0.39 is 5.41 Å². The second kappa shape index (κ2) is 17.3. The number of benzene rings is 6. The van der Waals surface area contributed by atoms with Gasteiger partial charge in [0.25, 0.3) is 0 Å². The molecule has 11 rings (SSSR count). The van der Waals surface area contributed by atoms with E-state index in [1.54, 1.807) is 0 Å². The lowest BCUT2D eigenvalue weighted by Crippen LogP contribution is -2.30. The molecule has 0 heterocycles. The monoisotopic (exact) mass is 851 g/mol. The van der Waals surface area contributed by atoms with Gasteiger partial charge in [0, 0.05) is 17.1 Å². The van der Waals surface area contributed by atoms with Crippen LogP contribution < -0.4 is 4.90 Å². The predicted molar refractivity (Wildman–Crippen MR) is 280 cm³/mol. The van der Waals surface area contributed by atoms with Crippen molar-refractivity contribution in [2.45, 2.75) is 70.1 Å². The number of para-hydroxylation sites is 1. The molecular formula is C65H57N. The zero-order chi connectivity index (χ0) is 44.7. The second-order valence-corrected chi connectivity index (χ2v) is 18.5. The SMILES string of the molecule is CC=CC(=CC)N(c1ccccc1)c1ccc2c(c1)C(c1ccccc1)(c1ccccc1)C1=C2CCC(C=Cc2ccc3c(c2)C(C2=CCCC=C2)(c2ccccc2)C2=C3CCC(C)=C2)=C1. The van der Waals surface area contributed by atoms with E-state index in [1.165, 1.54) is 83.5 Å². The van der Waals surface area contributed by atoms with E-state index in [0.717, 1.165) is 55.6 Å². The Balaban J connectivity index is 1.06. The van der Waals surface area contributed by atoms with E-state index in [2.05, 4.69) is 244 Å². The third-order valence-corrected chi connectivity index (χ3v) is 14.8. The van der Waals surface area contributed by atoms with Gasteiger partial charge in [-0.15, -0.1) is 0 Å². The van der Waals surface area contributed by atoms with Crippen LogP contribution in [0.2, 0.25) is 0 Å². The number of rotatable bonds is 10. The molecule has 0 saturated carbocycles. The van der Waals surface area contributed by atoms with Crippen molar-refractivity contribution in [3.05, 3.63) is 290 Å². The standard InChI is InChI=1S/C65H57N/c1-4-21-53(5-2)66(54-30-19-10-20-31-54)55-37-41-59-58-40-36-48(44-62(58)65(63(59)45-55,51-26-15-8-16-27-51)52-28-17-9-18-29-52)34-33-47-35-39-57-56-38-32-46(3)42-60(56)64(61(57)43-47,49-22-11-6-12-23-49)50-24-13-7-14-25-50/h4-6,8-13,15-31,33-35,37,39,41-45H,7,14,32,36,38,40H2,1-3H3. The normalized spacial score (nSPS) is 19.6. The fourth-order valence-electron chi connectivity index (χ4n) is 12.0. The molecule has 6 aromatic rings. The molecule has 0 aliphatic heterocycles. The number of anilines is 2. The van der Waals surface area contributed by atoms with E-state index in [-0.39, 0.29) is 5.41 Å². The Morgan fingerprint density at radius 3 is 1.76 bits per heavy atom. The van der Waals surface area contributed by atoms with Crippen LogP contribution in [0.3, 0.4) is 0 Å². The summed E-state index contributed by atoms with van der Waals surface area (Å²) in [7, 11) is 0. The molecule has 0 N–H and O–H groups in total. The molecule has 6 aromatic carbocycles. The van der Waals surface area contributed by atoms with Gasteiger partial charge in [-0.2, -0.15) is 0 Å². The first-order valence-electron chi connectivity index (χ1n) is 24.1. The zero-order valence-corrected chi connectivity index (χ0v) is 38.5. The van der Waals surface area contributed by atoms with Gasteiger partial charge in [-0.25, -0.2) is 0 Å². The van der Waals surface area contributed by atoms with Crippen LogP contribution in [0, 0.1) is 0 Å². The first-order chi connectivity index (χ1) is 32.5. The molecule has 0 saturated heterocycles. The third kappa shape index (κ3) is 6.67. The summed E-state index contributed by atoms with van der Waals surface area (Å²) in [4.78, 5) is 2.40. The molecule has 1 nitrogen and oxygen atoms in total. The number of hydrogen-bond acceptors (Lipinski definition) is 1. The molecule has 1 unspecified atom stereocenters. The molecule has 5 aliphatic rings. The fourth-order valence-corrected chi connectivity index (χ4v) is 12.0. The summed E-state index contributed by atoms with van der Waals surface area (Å²) in [6.45, 7) is 6.54. The van der Waals surface area contributed by atoms with Gasteiger partial charge in [0.2, 0.25) is 0 Å². The highest BCUT2D eigenvalue weighted by atomic mass is 15.1. The second-order valence-electron chi connectivity index (χ2n) is 18.5. The van der Waals surface area contributed by atoms with E-state index in [0.29, 0.717) is 0 Å². The lowest BCUT2D eigenvalue weighted by Gasteiger charge is -2.37. The molecule has 322 valence electrons. The number of nitrogens with zero attached hydrogens (tertiary/aromatic N) is 1. The summed E-state index contributed by atoms with van der Waals surface area (Å²) in [5.74, 6) is 0. The van der Waals surface area contributed by atoms with Crippen LogP contribution in [0.5, 0.6) is 0 Å². The average Bonchev–Trinajstić information content (AvgIpc) is 3.83.